The molecule has 1 saturated heterocycles. The summed E-state index contributed by atoms with van der Waals surface area (Å²) in [6.07, 6.45) is 0. The Labute approximate surface area is 61.4 Å². The van der Waals surface area contributed by atoms with Crippen LogP contribution in [0.4, 0.5) is 0 Å². The first kappa shape index (κ1) is 7.57. The van der Waals surface area contributed by atoms with E-state index in [2.05, 4.69) is 6.58 Å². The number of likely N-dealkylation sites (N-methyl/N-ethyl adjacent to an activating group) is 1. The standard InChI is InChI=1S/C7H14N2O/c1-6-7(2,8)10-5-4-9(6)3/h1,4-5,8H2,2-3H3. The maximum Gasteiger partial charge on any atom is 0.154 e. The Bertz CT molecular complexity index is 154. The molecule has 0 aromatic rings. The number of ether oxygens (including phenoxy) is 1. The molecule has 3 nitrogen and oxygen atoms in total. The average Bonchev–Trinajstić information content (AvgIpc) is 1.83. The number of rotatable bonds is 0. The molecule has 3 heteroatoms. The van der Waals surface area contributed by atoms with Crippen LogP contribution in [0, 0.1) is 0 Å². The molecule has 1 fully saturated rings. The van der Waals surface area contributed by atoms with Crippen LogP contribution >= 0.6 is 0 Å². The predicted octanol–water partition coefficient (Wildman–Crippen LogP) is 0.137. The van der Waals surface area contributed by atoms with Crippen molar-refractivity contribution in [1.29, 1.82) is 0 Å². The van der Waals surface area contributed by atoms with Crippen LogP contribution in [0.2, 0.25) is 0 Å². The molecule has 1 heterocycles. The van der Waals surface area contributed by atoms with Gasteiger partial charge in [0.2, 0.25) is 0 Å². The van der Waals surface area contributed by atoms with Crippen LogP contribution < -0.4 is 5.73 Å². The van der Waals surface area contributed by atoms with E-state index in [-0.39, 0.29) is 0 Å². The van der Waals surface area contributed by atoms with E-state index in [0.29, 0.717) is 6.61 Å². The molecule has 0 spiro atoms. The van der Waals surface area contributed by atoms with E-state index in [1.165, 1.54) is 0 Å². The lowest BCUT2D eigenvalue weighted by molar-refractivity contribution is -0.0519. The molecule has 1 aliphatic rings. The van der Waals surface area contributed by atoms with Gasteiger partial charge in [-0.1, -0.05) is 6.58 Å². The second-order valence-corrected chi connectivity index (χ2v) is 2.82. The summed E-state index contributed by atoms with van der Waals surface area (Å²) in [7, 11) is 1.97. The normalized spacial score (nSPS) is 34.7. The summed E-state index contributed by atoms with van der Waals surface area (Å²) in [6, 6.07) is 0. The van der Waals surface area contributed by atoms with Crippen molar-refractivity contribution in [3.8, 4) is 0 Å². The average molecular weight is 142 g/mol. The molecule has 0 amide bonds. The lowest BCUT2D eigenvalue weighted by atomic mass is 10.1. The van der Waals surface area contributed by atoms with Gasteiger partial charge in [0.25, 0.3) is 0 Å². The van der Waals surface area contributed by atoms with E-state index in [9.17, 15) is 0 Å². The first-order valence-corrected chi connectivity index (χ1v) is 3.37. The lowest BCUT2D eigenvalue weighted by Crippen LogP contribution is -2.51. The van der Waals surface area contributed by atoms with Crippen molar-refractivity contribution < 1.29 is 4.74 Å². The molecule has 0 aliphatic carbocycles. The van der Waals surface area contributed by atoms with Gasteiger partial charge in [0.05, 0.1) is 12.3 Å². The highest BCUT2D eigenvalue weighted by molar-refractivity contribution is 5.08. The van der Waals surface area contributed by atoms with Gasteiger partial charge in [-0.15, -0.1) is 0 Å². The molecule has 2 N–H and O–H groups in total. The molecule has 10 heavy (non-hydrogen) atoms. The van der Waals surface area contributed by atoms with Crippen molar-refractivity contribution in [2.24, 2.45) is 5.73 Å². The van der Waals surface area contributed by atoms with E-state index in [1.807, 2.05) is 18.9 Å². The van der Waals surface area contributed by atoms with Crippen LogP contribution in [0.25, 0.3) is 0 Å². The first-order chi connectivity index (χ1) is 4.54. The van der Waals surface area contributed by atoms with E-state index >= 15 is 0 Å². The van der Waals surface area contributed by atoms with E-state index in [1.54, 1.807) is 0 Å². The number of nitrogens with zero attached hydrogens (tertiary/aromatic N) is 1. The fourth-order valence-corrected chi connectivity index (χ4v) is 0.992. The molecule has 0 aromatic heterocycles. The maximum absolute atomic E-state index is 5.75. The number of hydrogen-bond acceptors (Lipinski definition) is 3. The third kappa shape index (κ3) is 1.15. The highest BCUT2D eigenvalue weighted by atomic mass is 16.5. The molecule has 1 atom stereocenters. The Hall–Kier alpha value is -0.540. The SMILES string of the molecule is C=C1N(C)CCOC1(C)N. The van der Waals surface area contributed by atoms with Gasteiger partial charge in [-0.2, -0.15) is 0 Å². The Morgan fingerprint density at radius 3 is 2.80 bits per heavy atom. The summed E-state index contributed by atoms with van der Waals surface area (Å²) in [6.45, 7) is 7.21. The Balaban J connectivity index is 2.70. The number of morpholine rings is 1. The zero-order valence-electron chi connectivity index (χ0n) is 6.55. The third-order valence-electron chi connectivity index (χ3n) is 1.86. The van der Waals surface area contributed by atoms with E-state index in [4.69, 9.17) is 10.5 Å². The highest BCUT2D eigenvalue weighted by Gasteiger charge is 2.29. The van der Waals surface area contributed by atoms with Gasteiger partial charge < -0.3 is 9.64 Å². The summed E-state index contributed by atoms with van der Waals surface area (Å²) >= 11 is 0. The minimum Gasteiger partial charge on any atom is -0.373 e. The zero-order chi connectivity index (χ0) is 7.78. The first-order valence-electron chi connectivity index (χ1n) is 3.37. The van der Waals surface area contributed by atoms with E-state index < -0.39 is 5.72 Å². The van der Waals surface area contributed by atoms with Crippen molar-refractivity contribution in [1.82, 2.24) is 4.90 Å². The topological polar surface area (TPSA) is 38.5 Å². The van der Waals surface area contributed by atoms with Gasteiger partial charge in [-0.25, -0.2) is 0 Å². The summed E-state index contributed by atoms with van der Waals surface area (Å²) in [5, 5.41) is 0. The van der Waals surface area contributed by atoms with Crippen molar-refractivity contribution >= 4 is 0 Å². The molecule has 0 radical (unpaired) electrons. The second kappa shape index (κ2) is 2.25. The summed E-state index contributed by atoms with van der Waals surface area (Å²) < 4.78 is 5.28. The Morgan fingerprint density at radius 1 is 1.80 bits per heavy atom. The second-order valence-electron chi connectivity index (χ2n) is 2.82. The van der Waals surface area contributed by atoms with Crippen molar-refractivity contribution in [3.05, 3.63) is 12.3 Å². The third-order valence-corrected chi connectivity index (χ3v) is 1.86. The smallest absolute Gasteiger partial charge is 0.154 e. The van der Waals surface area contributed by atoms with Crippen LogP contribution in [-0.4, -0.2) is 30.8 Å². The van der Waals surface area contributed by atoms with Gasteiger partial charge in [0.1, 0.15) is 0 Å². The minimum absolute atomic E-state index is 0.660. The van der Waals surface area contributed by atoms with Crippen LogP contribution in [0.15, 0.2) is 12.3 Å². The maximum atomic E-state index is 5.75. The zero-order valence-corrected chi connectivity index (χ0v) is 6.55. The number of hydrogen-bond donors (Lipinski definition) is 1. The molecule has 1 unspecified atom stereocenters. The summed E-state index contributed by atoms with van der Waals surface area (Å²) in [5.41, 5.74) is 5.93. The summed E-state index contributed by atoms with van der Waals surface area (Å²) in [4.78, 5) is 2.02. The molecule has 58 valence electrons. The van der Waals surface area contributed by atoms with Gasteiger partial charge >= 0.3 is 0 Å². The van der Waals surface area contributed by atoms with Crippen molar-refractivity contribution in [2.45, 2.75) is 12.6 Å². The molecule has 0 bridgehead atoms. The Morgan fingerprint density at radius 2 is 2.40 bits per heavy atom. The molecular formula is C7H14N2O. The molecule has 1 aliphatic heterocycles. The highest BCUT2D eigenvalue weighted by Crippen LogP contribution is 2.19. The van der Waals surface area contributed by atoms with Gasteiger partial charge in [-0.05, 0) is 6.92 Å². The predicted molar refractivity (Wildman–Crippen MR) is 40.3 cm³/mol. The van der Waals surface area contributed by atoms with Crippen LogP contribution in [0.3, 0.4) is 0 Å². The molecule has 1 rings (SSSR count). The van der Waals surface area contributed by atoms with Crippen molar-refractivity contribution in [3.63, 3.8) is 0 Å². The fourth-order valence-electron chi connectivity index (χ4n) is 0.992. The summed E-state index contributed by atoms with van der Waals surface area (Å²) in [5.74, 6) is 0. The Kier molecular flexibility index (Phi) is 1.70. The molecule has 0 saturated carbocycles. The van der Waals surface area contributed by atoms with Crippen LogP contribution in [-0.2, 0) is 4.74 Å². The quantitative estimate of drug-likeness (QED) is 0.522. The lowest BCUT2D eigenvalue weighted by Gasteiger charge is -2.38. The molecular weight excluding hydrogens is 128 g/mol. The van der Waals surface area contributed by atoms with E-state index in [0.717, 1.165) is 12.2 Å². The minimum atomic E-state index is -0.660. The van der Waals surface area contributed by atoms with Gasteiger partial charge in [-0.3, -0.25) is 5.73 Å². The monoisotopic (exact) mass is 142 g/mol. The molecule has 0 aromatic carbocycles. The van der Waals surface area contributed by atoms with Crippen molar-refractivity contribution in [2.75, 3.05) is 20.2 Å². The van der Waals surface area contributed by atoms with Gasteiger partial charge in [0, 0.05) is 13.6 Å². The largest absolute Gasteiger partial charge is 0.373 e. The van der Waals surface area contributed by atoms with Crippen LogP contribution in [0.5, 0.6) is 0 Å². The number of nitrogens with two attached hydrogens (primary N) is 1. The fraction of sp³-hybridized carbons (Fsp3) is 0.714. The van der Waals surface area contributed by atoms with Crippen LogP contribution in [0.1, 0.15) is 6.92 Å². The van der Waals surface area contributed by atoms with Gasteiger partial charge in [0.15, 0.2) is 5.72 Å².